The Kier molecular flexibility index (Phi) is 5.16. The Morgan fingerprint density at radius 1 is 1.20 bits per heavy atom. The largest absolute Gasteiger partial charge is 0.348 e. The van der Waals surface area contributed by atoms with Gasteiger partial charge >= 0.3 is 0 Å². The van der Waals surface area contributed by atoms with Crippen LogP contribution < -0.4 is 5.32 Å². The first-order chi connectivity index (χ1) is 12.0. The number of nitriles is 1. The van der Waals surface area contributed by atoms with Gasteiger partial charge in [0.15, 0.2) is 5.79 Å². The maximum Gasteiger partial charge on any atom is 0.225 e. The van der Waals surface area contributed by atoms with Crippen LogP contribution in [0.5, 0.6) is 0 Å². The summed E-state index contributed by atoms with van der Waals surface area (Å²) in [7, 11) is 0. The lowest BCUT2D eigenvalue weighted by Gasteiger charge is -2.40. The molecule has 6 heteroatoms. The van der Waals surface area contributed by atoms with Crippen molar-refractivity contribution in [1.29, 1.82) is 5.26 Å². The predicted molar refractivity (Wildman–Crippen MR) is 89.6 cm³/mol. The molecule has 3 rings (SSSR count). The molecular formula is C19H21FN2O3. The molecule has 0 bridgehead atoms. The number of carbonyl (C=O) groups excluding carboxylic acids is 1. The molecule has 1 aromatic carbocycles. The molecule has 1 saturated carbocycles. The Hall–Kier alpha value is -2.23. The zero-order valence-corrected chi connectivity index (χ0v) is 14.0. The van der Waals surface area contributed by atoms with Crippen LogP contribution in [0.15, 0.2) is 30.3 Å². The van der Waals surface area contributed by atoms with Gasteiger partial charge in [-0.05, 0) is 30.5 Å². The molecule has 1 heterocycles. The van der Waals surface area contributed by atoms with Crippen LogP contribution in [0.2, 0.25) is 0 Å². The molecule has 2 fully saturated rings. The van der Waals surface area contributed by atoms with E-state index >= 15 is 0 Å². The third-order valence-corrected chi connectivity index (χ3v) is 4.76. The average Bonchev–Trinajstić information content (AvgIpc) is 3.08. The van der Waals surface area contributed by atoms with Gasteiger partial charge < -0.3 is 14.8 Å². The standard InChI is InChI=1S/C19H21FN2O3/c20-16-6-4-15(5-7-16)2-1-3-17(23)22-18(14-21)8-10-19(11-9-18)24-12-13-25-19/h1-2,4-7H,3,8-13H2,(H,22,23)/b2-1+. The zero-order chi connectivity index (χ0) is 17.8. The molecule has 1 aromatic rings. The van der Waals surface area contributed by atoms with Gasteiger partial charge in [0.2, 0.25) is 5.91 Å². The van der Waals surface area contributed by atoms with Crippen LogP contribution in [-0.2, 0) is 14.3 Å². The first-order valence-corrected chi connectivity index (χ1v) is 8.47. The Morgan fingerprint density at radius 2 is 1.84 bits per heavy atom. The van der Waals surface area contributed by atoms with Crippen molar-refractivity contribution in [3.63, 3.8) is 0 Å². The molecule has 1 aliphatic heterocycles. The summed E-state index contributed by atoms with van der Waals surface area (Å²) in [4.78, 5) is 12.2. The fourth-order valence-electron chi connectivity index (χ4n) is 3.30. The maximum absolute atomic E-state index is 12.9. The number of nitrogens with one attached hydrogen (secondary N) is 1. The predicted octanol–water partition coefficient (Wildman–Crippen LogP) is 2.92. The van der Waals surface area contributed by atoms with E-state index in [0.717, 1.165) is 5.56 Å². The molecule has 132 valence electrons. The summed E-state index contributed by atoms with van der Waals surface area (Å²) in [6, 6.07) is 8.28. The van der Waals surface area contributed by atoms with Crippen LogP contribution in [0.25, 0.3) is 6.08 Å². The topological polar surface area (TPSA) is 71.4 Å². The van der Waals surface area contributed by atoms with Crippen molar-refractivity contribution < 1.29 is 18.7 Å². The van der Waals surface area contributed by atoms with E-state index in [1.165, 1.54) is 12.1 Å². The van der Waals surface area contributed by atoms with Gasteiger partial charge in [0.25, 0.3) is 0 Å². The fourth-order valence-corrected chi connectivity index (χ4v) is 3.30. The van der Waals surface area contributed by atoms with Crippen LogP contribution in [0.4, 0.5) is 4.39 Å². The van der Waals surface area contributed by atoms with Gasteiger partial charge in [0.05, 0.1) is 19.3 Å². The molecule has 1 saturated heterocycles. The Labute approximate surface area is 146 Å². The van der Waals surface area contributed by atoms with Crippen molar-refractivity contribution >= 4 is 12.0 Å². The number of rotatable bonds is 4. The van der Waals surface area contributed by atoms with Crippen molar-refractivity contribution in [3.05, 3.63) is 41.7 Å². The highest BCUT2D eigenvalue weighted by molar-refractivity contribution is 5.79. The second-order valence-electron chi connectivity index (χ2n) is 6.51. The number of ether oxygens (including phenoxy) is 2. The van der Waals surface area contributed by atoms with Gasteiger partial charge in [-0.3, -0.25) is 4.79 Å². The molecule has 1 amide bonds. The lowest BCUT2D eigenvalue weighted by molar-refractivity contribution is -0.183. The first kappa shape index (κ1) is 17.6. The highest BCUT2D eigenvalue weighted by atomic mass is 19.1. The number of carbonyl (C=O) groups is 1. The van der Waals surface area contributed by atoms with Crippen molar-refractivity contribution in [2.24, 2.45) is 0 Å². The lowest BCUT2D eigenvalue weighted by Crippen LogP contribution is -2.53. The van der Waals surface area contributed by atoms with Gasteiger partial charge in [-0.2, -0.15) is 5.26 Å². The molecular weight excluding hydrogens is 323 g/mol. The van der Waals surface area contributed by atoms with Gasteiger partial charge in [-0.15, -0.1) is 0 Å². The summed E-state index contributed by atoms with van der Waals surface area (Å²) < 4.78 is 24.2. The van der Waals surface area contributed by atoms with Crippen molar-refractivity contribution in [3.8, 4) is 6.07 Å². The maximum atomic E-state index is 12.9. The smallest absolute Gasteiger partial charge is 0.225 e. The van der Waals surface area contributed by atoms with Crippen LogP contribution in [0.3, 0.4) is 0 Å². The lowest BCUT2D eigenvalue weighted by atomic mass is 9.79. The third-order valence-electron chi connectivity index (χ3n) is 4.76. The summed E-state index contributed by atoms with van der Waals surface area (Å²) in [6.45, 7) is 1.17. The van der Waals surface area contributed by atoms with E-state index in [9.17, 15) is 14.4 Å². The summed E-state index contributed by atoms with van der Waals surface area (Å²) >= 11 is 0. The van der Waals surface area contributed by atoms with Crippen LogP contribution in [-0.4, -0.2) is 30.4 Å². The molecule has 1 spiro atoms. The van der Waals surface area contributed by atoms with Crippen molar-refractivity contribution in [1.82, 2.24) is 5.32 Å². The van der Waals surface area contributed by atoms with Gasteiger partial charge in [0.1, 0.15) is 11.4 Å². The van der Waals surface area contributed by atoms with Gasteiger partial charge in [-0.25, -0.2) is 4.39 Å². The molecule has 0 aromatic heterocycles. The van der Waals surface area contributed by atoms with Gasteiger partial charge in [-0.1, -0.05) is 24.3 Å². The monoisotopic (exact) mass is 344 g/mol. The molecule has 2 aliphatic rings. The summed E-state index contributed by atoms with van der Waals surface area (Å²) in [5.41, 5.74) is -0.0409. The molecule has 1 N–H and O–H groups in total. The quantitative estimate of drug-likeness (QED) is 0.912. The average molecular weight is 344 g/mol. The molecule has 1 aliphatic carbocycles. The number of hydrogen-bond donors (Lipinski definition) is 1. The van der Waals surface area contributed by atoms with Crippen LogP contribution in [0, 0.1) is 17.1 Å². The minimum absolute atomic E-state index is 0.166. The van der Waals surface area contributed by atoms with E-state index in [-0.39, 0.29) is 18.1 Å². The van der Waals surface area contributed by atoms with E-state index in [1.807, 2.05) is 0 Å². The Bertz CT molecular complexity index is 678. The minimum Gasteiger partial charge on any atom is -0.348 e. The van der Waals surface area contributed by atoms with Gasteiger partial charge in [0, 0.05) is 19.3 Å². The van der Waals surface area contributed by atoms with Crippen molar-refractivity contribution in [2.45, 2.75) is 43.4 Å². The van der Waals surface area contributed by atoms with E-state index < -0.39 is 11.3 Å². The number of hydrogen-bond acceptors (Lipinski definition) is 4. The van der Waals surface area contributed by atoms with E-state index in [2.05, 4.69) is 11.4 Å². The zero-order valence-electron chi connectivity index (χ0n) is 14.0. The number of halogens is 1. The molecule has 0 radical (unpaired) electrons. The summed E-state index contributed by atoms with van der Waals surface area (Å²) in [5, 5.41) is 12.4. The second-order valence-corrected chi connectivity index (χ2v) is 6.51. The second kappa shape index (κ2) is 7.34. The Morgan fingerprint density at radius 3 is 2.44 bits per heavy atom. The summed E-state index contributed by atoms with van der Waals surface area (Å²) in [6.07, 6.45) is 5.86. The van der Waals surface area contributed by atoms with E-state index in [1.54, 1.807) is 24.3 Å². The highest BCUT2D eigenvalue weighted by Gasteiger charge is 2.47. The summed E-state index contributed by atoms with van der Waals surface area (Å²) in [5.74, 6) is -1.06. The van der Waals surface area contributed by atoms with Crippen molar-refractivity contribution in [2.75, 3.05) is 13.2 Å². The molecule has 0 atom stereocenters. The third kappa shape index (κ3) is 4.25. The molecule has 5 nitrogen and oxygen atoms in total. The first-order valence-electron chi connectivity index (χ1n) is 8.47. The van der Waals surface area contributed by atoms with Crippen LogP contribution in [0.1, 0.15) is 37.7 Å². The molecule has 25 heavy (non-hydrogen) atoms. The minimum atomic E-state index is -0.860. The normalized spacial score (nSPS) is 21.3. The Balaban J connectivity index is 1.52. The highest BCUT2D eigenvalue weighted by Crippen LogP contribution is 2.40. The number of benzene rings is 1. The van der Waals surface area contributed by atoms with Crippen LogP contribution >= 0.6 is 0 Å². The van der Waals surface area contributed by atoms with E-state index in [4.69, 9.17) is 9.47 Å². The number of nitrogens with zero attached hydrogens (tertiary/aromatic N) is 1. The number of amides is 1. The molecule has 0 unspecified atom stereocenters. The SMILES string of the molecule is N#CC1(NC(=O)C/C=C/c2ccc(F)cc2)CCC2(CC1)OCCO2. The van der Waals surface area contributed by atoms with E-state index in [0.29, 0.717) is 38.9 Å². The fraction of sp³-hybridized carbons (Fsp3) is 0.474.